The Morgan fingerprint density at radius 1 is 1.18 bits per heavy atom. The predicted octanol–water partition coefficient (Wildman–Crippen LogP) is 2.07. The van der Waals surface area contributed by atoms with Crippen LogP contribution in [0.25, 0.3) is 5.69 Å². The number of alkyl halides is 3. The average Bonchev–Trinajstić information content (AvgIpc) is 3.30. The van der Waals surface area contributed by atoms with E-state index in [4.69, 9.17) is 0 Å². The summed E-state index contributed by atoms with van der Waals surface area (Å²) in [6.45, 7) is 0.0676. The van der Waals surface area contributed by atoms with Gasteiger partial charge in [-0.25, -0.2) is 0 Å². The van der Waals surface area contributed by atoms with Crippen molar-refractivity contribution in [3.8, 4) is 5.69 Å². The summed E-state index contributed by atoms with van der Waals surface area (Å²) in [4.78, 5) is 25.7. The summed E-state index contributed by atoms with van der Waals surface area (Å²) in [5.74, 6) is -1.34. The van der Waals surface area contributed by atoms with Gasteiger partial charge in [-0.2, -0.15) is 13.2 Å². The highest BCUT2D eigenvalue weighted by atomic mass is 19.4. The third kappa shape index (κ3) is 4.19. The van der Waals surface area contributed by atoms with E-state index in [1.165, 1.54) is 22.6 Å². The van der Waals surface area contributed by atoms with Crippen LogP contribution in [-0.2, 0) is 11.0 Å². The Balaban J connectivity index is 1.89. The molecule has 0 spiro atoms. The number of halogens is 3. The summed E-state index contributed by atoms with van der Waals surface area (Å²) in [5, 5.41) is 12.6. The van der Waals surface area contributed by atoms with E-state index < -0.39 is 29.7 Å². The normalized spacial score (nSPS) is 19.7. The minimum absolute atomic E-state index is 0.0321. The van der Waals surface area contributed by atoms with Gasteiger partial charge >= 0.3 is 6.18 Å². The van der Waals surface area contributed by atoms with Crippen molar-refractivity contribution < 1.29 is 27.9 Å². The van der Waals surface area contributed by atoms with Gasteiger partial charge in [0, 0.05) is 56.1 Å². The van der Waals surface area contributed by atoms with E-state index in [9.17, 15) is 27.9 Å². The summed E-state index contributed by atoms with van der Waals surface area (Å²) in [6, 6.07) is 6.51. The Hall–Kier alpha value is -2.81. The van der Waals surface area contributed by atoms with E-state index in [0.717, 1.165) is 12.1 Å². The number of amides is 2. The van der Waals surface area contributed by atoms with Crippen molar-refractivity contribution in [3.63, 3.8) is 0 Å². The molecule has 2 amide bonds. The Morgan fingerprint density at radius 3 is 2.46 bits per heavy atom. The summed E-state index contributed by atoms with van der Waals surface area (Å²) >= 11 is 0. The van der Waals surface area contributed by atoms with Crippen LogP contribution in [0.1, 0.15) is 22.3 Å². The summed E-state index contributed by atoms with van der Waals surface area (Å²) in [7, 11) is 1.47. The van der Waals surface area contributed by atoms with Gasteiger partial charge in [0.2, 0.25) is 5.91 Å². The zero-order chi connectivity index (χ0) is 20.5. The molecule has 2 aromatic rings. The molecule has 0 unspecified atom stereocenters. The number of hydrogen-bond acceptors (Lipinski definition) is 3. The molecule has 2 N–H and O–H groups in total. The zero-order valence-corrected chi connectivity index (χ0v) is 15.1. The highest BCUT2D eigenvalue weighted by molar-refractivity contribution is 5.95. The summed E-state index contributed by atoms with van der Waals surface area (Å²) < 4.78 is 41.4. The molecule has 0 bridgehead atoms. The maximum absolute atomic E-state index is 13.3. The molecule has 1 aromatic carbocycles. The monoisotopic (exact) mass is 395 g/mol. The van der Waals surface area contributed by atoms with Crippen molar-refractivity contribution in [2.24, 2.45) is 5.92 Å². The van der Waals surface area contributed by atoms with Crippen molar-refractivity contribution in [2.75, 3.05) is 20.1 Å². The molecule has 28 heavy (non-hydrogen) atoms. The first-order valence-corrected chi connectivity index (χ1v) is 8.72. The third-order valence-corrected chi connectivity index (χ3v) is 4.81. The van der Waals surface area contributed by atoms with Crippen LogP contribution >= 0.6 is 0 Å². The molecule has 1 aromatic heterocycles. The number of carbonyl (C=O) groups is 2. The molecule has 2 heterocycles. The number of benzene rings is 1. The lowest BCUT2D eigenvalue weighted by atomic mass is 10.0. The van der Waals surface area contributed by atoms with Crippen LogP contribution in [0.2, 0.25) is 0 Å². The van der Waals surface area contributed by atoms with E-state index in [1.807, 2.05) is 0 Å². The van der Waals surface area contributed by atoms with Gasteiger partial charge < -0.3 is 19.9 Å². The minimum atomic E-state index is -4.61. The fourth-order valence-corrected chi connectivity index (χ4v) is 3.30. The molecule has 2 atom stereocenters. The lowest BCUT2D eigenvalue weighted by molar-refractivity contribution is -0.137. The van der Waals surface area contributed by atoms with Gasteiger partial charge in [-0.05, 0) is 30.3 Å². The second kappa shape index (κ2) is 7.67. The molecule has 0 aliphatic carbocycles. The van der Waals surface area contributed by atoms with Gasteiger partial charge in [0.15, 0.2) is 0 Å². The van der Waals surface area contributed by atoms with Gasteiger partial charge in [0.05, 0.1) is 11.7 Å². The second-order valence-electron chi connectivity index (χ2n) is 6.77. The van der Waals surface area contributed by atoms with Crippen LogP contribution in [0, 0.1) is 5.92 Å². The molecule has 0 radical (unpaired) electrons. The van der Waals surface area contributed by atoms with Crippen molar-refractivity contribution in [1.29, 1.82) is 0 Å². The molecule has 1 fully saturated rings. The van der Waals surface area contributed by atoms with Crippen molar-refractivity contribution >= 4 is 11.8 Å². The molecule has 1 saturated heterocycles. The number of carbonyl (C=O) groups excluding carboxylic acids is 2. The quantitative estimate of drug-likeness (QED) is 0.832. The number of rotatable bonds is 4. The van der Waals surface area contributed by atoms with Crippen LogP contribution < -0.4 is 5.32 Å². The molecular formula is C19H20F3N3O3. The SMILES string of the molecule is CNC(=O)C[C@@H]1CN(C(=O)c2cc(-n3cccc3)cc(C(F)(F)F)c2)C[C@H]1O. The largest absolute Gasteiger partial charge is 0.416 e. The lowest BCUT2D eigenvalue weighted by Gasteiger charge is -2.18. The summed E-state index contributed by atoms with van der Waals surface area (Å²) in [5.41, 5.74) is -0.833. The molecule has 1 aliphatic heterocycles. The van der Waals surface area contributed by atoms with Gasteiger partial charge in [-0.1, -0.05) is 0 Å². The standard InChI is InChI=1S/C19H20F3N3O3/c1-23-17(27)8-13-10-25(11-16(13)26)18(28)12-6-14(19(20,21)22)9-15(7-12)24-4-2-3-5-24/h2-7,9,13,16,26H,8,10-11H2,1H3,(H,23,27)/t13-,16-/m1/s1. The Morgan fingerprint density at radius 2 is 1.86 bits per heavy atom. The van der Waals surface area contributed by atoms with Crippen LogP contribution in [0.15, 0.2) is 42.7 Å². The first-order valence-electron chi connectivity index (χ1n) is 8.72. The maximum atomic E-state index is 13.3. The molecule has 1 aliphatic rings. The lowest BCUT2D eigenvalue weighted by Crippen LogP contribution is -2.30. The minimum Gasteiger partial charge on any atom is -0.391 e. The van der Waals surface area contributed by atoms with Crippen LogP contribution in [0.5, 0.6) is 0 Å². The fourth-order valence-electron chi connectivity index (χ4n) is 3.30. The highest BCUT2D eigenvalue weighted by Crippen LogP contribution is 2.32. The fraction of sp³-hybridized carbons (Fsp3) is 0.368. The zero-order valence-electron chi connectivity index (χ0n) is 15.1. The van der Waals surface area contributed by atoms with Crippen molar-refractivity contribution in [3.05, 3.63) is 53.9 Å². The number of β-amino-alcohol motifs (C(OH)–C–C–N with tert-alkyl or cyclic N) is 1. The van der Waals surface area contributed by atoms with Crippen LogP contribution in [0.4, 0.5) is 13.2 Å². The topological polar surface area (TPSA) is 74.6 Å². The predicted molar refractivity (Wildman–Crippen MR) is 94.9 cm³/mol. The number of likely N-dealkylation sites (tertiary alicyclic amines) is 1. The van der Waals surface area contributed by atoms with Crippen LogP contribution in [0.3, 0.4) is 0 Å². The first kappa shape index (κ1) is 19.9. The number of aromatic nitrogens is 1. The van der Waals surface area contributed by atoms with Crippen LogP contribution in [-0.4, -0.2) is 52.6 Å². The number of nitrogens with zero attached hydrogens (tertiary/aromatic N) is 2. The number of nitrogens with one attached hydrogen (secondary N) is 1. The summed E-state index contributed by atoms with van der Waals surface area (Å²) in [6.07, 6.45) is -2.30. The van der Waals surface area contributed by atoms with E-state index in [-0.39, 0.29) is 36.7 Å². The average molecular weight is 395 g/mol. The highest BCUT2D eigenvalue weighted by Gasteiger charge is 2.37. The van der Waals surface area contributed by atoms with Gasteiger partial charge in [0.25, 0.3) is 5.91 Å². The molecule has 9 heteroatoms. The Kier molecular flexibility index (Phi) is 5.46. The third-order valence-electron chi connectivity index (χ3n) is 4.81. The van der Waals surface area contributed by atoms with E-state index in [1.54, 1.807) is 24.5 Å². The van der Waals surface area contributed by atoms with Gasteiger partial charge in [0.1, 0.15) is 0 Å². The Labute approximate surface area is 159 Å². The number of aliphatic hydroxyl groups is 1. The van der Waals surface area contributed by atoms with Crippen molar-refractivity contribution in [1.82, 2.24) is 14.8 Å². The second-order valence-corrected chi connectivity index (χ2v) is 6.77. The molecule has 3 rings (SSSR count). The van der Waals surface area contributed by atoms with Gasteiger partial charge in [-0.3, -0.25) is 9.59 Å². The van der Waals surface area contributed by atoms with E-state index in [2.05, 4.69) is 5.32 Å². The number of aliphatic hydroxyl groups excluding tert-OH is 1. The van der Waals surface area contributed by atoms with E-state index >= 15 is 0 Å². The first-order chi connectivity index (χ1) is 13.2. The molecule has 6 nitrogen and oxygen atoms in total. The van der Waals surface area contributed by atoms with Gasteiger partial charge in [-0.15, -0.1) is 0 Å². The van der Waals surface area contributed by atoms with Crippen molar-refractivity contribution in [2.45, 2.75) is 18.7 Å². The number of hydrogen-bond donors (Lipinski definition) is 2. The molecule has 150 valence electrons. The molecular weight excluding hydrogens is 375 g/mol. The smallest absolute Gasteiger partial charge is 0.391 e. The Bertz CT molecular complexity index is 865. The molecule has 0 saturated carbocycles. The maximum Gasteiger partial charge on any atom is 0.416 e. The van der Waals surface area contributed by atoms with E-state index in [0.29, 0.717) is 0 Å².